The number of nitrogens with two attached hydrogens (primary N) is 1. The third-order valence-corrected chi connectivity index (χ3v) is 6.24. The van der Waals surface area contributed by atoms with Gasteiger partial charge in [-0.1, -0.05) is 43.0 Å². The van der Waals surface area contributed by atoms with E-state index in [9.17, 15) is 8.42 Å². The quantitative estimate of drug-likeness (QED) is 0.813. The third kappa shape index (κ3) is 4.25. The van der Waals surface area contributed by atoms with Crippen molar-refractivity contribution in [2.75, 3.05) is 12.3 Å². The van der Waals surface area contributed by atoms with Gasteiger partial charge in [0, 0.05) is 12.2 Å². The molecule has 2 atom stereocenters. The zero-order valence-corrected chi connectivity index (χ0v) is 14.2. The van der Waals surface area contributed by atoms with Gasteiger partial charge in [-0.05, 0) is 36.8 Å². The van der Waals surface area contributed by atoms with E-state index < -0.39 is 10.0 Å². The Kier molecular flexibility index (Phi) is 5.41. The van der Waals surface area contributed by atoms with Crippen LogP contribution < -0.4 is 10.5 Å². The van der Waals surface area contributed by atoms with Gasteiger partial charge in [0.05, 0.1) is 10.0 Å². The summed E-state index contributed by atoms with van der Waals surface area (Å²) in [4.78, 5) is -0.0936. The van der Waals surface area contributed by atoms with Crippen molar-refractivity contribution in [1.82, 2.24) is 4.72 Å². The average Bonchev–Trinajstić information content (AvgIpc) is 2.35. The van der Waals surface area contributed by atoms with E-state index in [2.05, 4.69) is 11.6 Å². The van der Waals surface area contributed by atoms with E-state index in [1.807, 2.05) is 0 Å². The van der Waals surface area contributed by atoms with Gasteiger partial charge < -0.3 is 5.73 Å². The SMILES string of the molecule is CC1CCCC(CNS(=O)(=O)c2c(Cl)cc(N)cc2Cl)C1. The van der Waals surface area contributed by atoms with E-state index in [-0.39, 0.29) is 14.9 Å². The molecule has 0 heterocycles. The Morgan fingerprint density at radius 2 is 1.90 bits per heavy atom. The number of benzene rings is 1. The van der Waals surface area contributed by atoms with Crippen LogP contribution in [0, 0.1) is 11.8 Å². The van der Waals surface area contributed by atoms with Crippen LogP contribution in [-0.2, 0) is 10.0 Å². The summed E-state index contributed by atoms with van der Waals surface area (Å²) in [5.74, 6) is 1.02. The van der Waals surface area contributed by atoms with Crippen LogP contribution in [0.15, 0.2) is 17.0 Å². The summed E-state index contributed by atoms with van der Waals surface area (Å²) in [5.41, 5.74) is 5.93. The van der Waals surface area contributed by atoms with Gasteiger partial charge >= 0.3 is 0 Å². The minimum Gasteiger partial charge on any atom is -0.399 e. The fourth-order valence-electron chi connectivity index (χ4n) is 2.88. The van der Waals surface area contributed by atoms with E-state index in [1.165, 1.54) is 18.6 Å². The lowest BCUT2D eigenvalue weighted by molar-refractivity contribution is 0.283. The maximum absolute atomic E-state index is 12.4. The maximum Gasteiger partial charge on any atom is 0.243 e. The number of sulfonamides is 1. The average molecular weight is 351 g/mol. The lowest BCUT2D eigenvalue weighted by atomic mass is 9.83. The highest BCUT2D eigenvalue weighted by Gasteiger charge is 2.25. The van der Waals surface area contributed by atoms with Gasteiger partial charge in [0.1, 0.15) is 4.90 Å². The molecule has 4 nitrogen and oxygen atoms in total. The molecule has 21 heavy (non-hydrogen) atoms. The Labute approximate surface area is 136 Å². The lowest BCUT2D eigenvalue weighted by Gasteiger charge is -2.26. The molecule has 2 unspecified atom stereocenters. The monoisotopic (exact) mass is 350 g/mol. The molecule has 1 aliphatic carbocycles. The molecule has 0 spiro atoms. The van der Waals surface area contributed by atoms with E-state index in [0.717, 1.165) is 19.3 Å². The van der Waals surface area contributed by atoms with Crippen molar-refractivity contribution in [3.05, 3.63) is 22.2 Å². The van der Waals surface area contributed by atoms with Gasteiger partial charge in [-0.15, -0.1) is 0 Å². The lowest BCUT2D eigenvalue weighted by Crippen LogP contribution is -2.31. The van der Waals surface area contributed by atoms with Crippen molar-refractivity contribution >= 4 is 38.9 Å². The van der Waals surface area contributed by atoms with Crippen molar-refractivity contribution in [2.45, 2.75) is 37.5 Å². The van der Waals surface area contributed by atoms with Crippen molar-refractivity contribution in [2.24, 2.45) is 11.8 Å². The topological polar surface area (TPSA) is 72.2 Å². The second-order valence-electron chi connectivity index (χ2n) is 5.80. The molecule has 3 N–H and O–H groups in total. The standard InChI is InChI=1S/C14H20Cl2N2O2S/c1-9-3-2-4-10(5-9)8-18-21(19,20)14-12(15)6-11(17)7-13(14)16/h6-7,9-10,18H,2-5,8,17H2,1H3. The molecule has 1 aromatic rings. The molecule has 0 aromatic heterocycles. The maximum atomic E-state index is 12.4. The normalized spacial score (nSPS) is 23.2. The highest BCUT2D eigenvalue weighted by Crippen LogP contribution is 2.32. The van der Waals surface area contributed by atoms with E-state index in [4.69, 9.17) is 28.9 Å². The van der Waals surface area contributed by atoms with Crippen molar-refractivity contribution < 1.29 is 8.42 Å². The summed E-state index contributed by atoms with van der Waals surface area (Å²) in [6.45, 7) is 2.62. The number of anilines is 1. The highest BCUT2D eigenvalue weighted by molar-refractivity contribution is 7.89. The summed E-state index contributed by atoms with van der Waals surface area (Å²) >= 11 is 12.0. The Morgan fingerprint density at radius 3 is 2.48 bits per heavy atom. The summed E-state index contributed by atoms with van der Waals surface area (Å²) in [5, 5.41) is 0.0917. The molecule has 0 amide bonds. The first-order chi connectivity index (χ1) is 9.79. The first-order valence-corrected chi connectivity index (χ1v) is 9.27. The van der Waals surface area contributed by atoms with Crippen LogP contribution in [0.2, 0.25) is 10.0 Å². The van der Waals surface area contributed by atoms with Gasteiger partial charge in [-0.2, -0.15) is 0 Å². The molecule has 0 aliphatic heterocycles. The molecule has 0 radical (unpaired) electrons. The second kappa shape index (κ2) is 6.73. The van der Waals surface area contributed by atoms with Crippen molar-refractivity contribution in [1.29, 1.82) is 0 Å². The molecule has 1 saturated carbocycles. The zero-order valence-electron chi connectivity index (χ0n) is 11.9. The Morgan fingerprint density at radius 1 is 1.29 bits per heavy atom. The molecular formula is C14H20Cl2N2O2S. The minimum atomic E-state index is -3.72. The minimum absolute atomic E-state index is 0.0458. The number of nitrogen functional groups attached to an aromatic ring is 1. The molecule has 0 bridgehead atoms. The van der Waals surface area contributed by atoms with Crippen molar-refractivity contribution in [3.63, 3.8) is 0 Å². The predicted molar refractivity (Wildman–Crippen MR) is 87.2 cm³/mol. The molecule has 0 saturated heterocycles. The first-order valence-electron chi connectivity index (χ1n) is 7.04. The van der Waals surface area contributed by atoms with Gasteiger partial charge in [0.15, 0.2) is 0 Å². The smallest absolute Gasteiger partial charge is 0.243 e. The van der Waals surface area contributed by atoms with Crippen LogP contribution in [0.4, 0.5) is 5.69 Å². The summed E-state index contributed by atoms with van der Waals surface area (Å²) in [7, 11) is -3.72. The predicted octanol–water partition coefficient (Wildman–Crippen LogP) is 3.68. The van der Waals surface area contributed by atoms with Gasteiger partial charge in [0.2, 0.25) is 10.0 Å². The second-order valence-corrected chi connectivity index (χ2v) is 8.32. The summed E-state index contributed by atoms with van der Waals surface area (Å²) in [6, 6.07) is 2.79. The van der Waals surface area contributed by atoms with E-state index in [1.54, 1.807) is 0 Å². The Balaban J connectivity index is 2.12. The van der Waals surface area contributed by atoms with Gasteiger partial charge in [-0.3, -0.25) is 0 Å². The Bertz CT molecular complexity index is 596. The van der Waals surface area contributed by atoms with Crippen LogP contribution in [-0.4, -0.2) is 15.0 Å². The third-order valence-electron chi connectivity index (χ3n) is 3.90. The molecule has 7 heteroatoms. The van der Waals surface area contributed by atoms with Gasteiger partial charge in [0.25, 0.3) is 0 Å². The fraction of sp³-hybridized carbons (Fsp3) is 0.571. The fourth-order valence-corrected chi connectivity index (χ4v) is 5.23. The van der Waals surface area contributed by atoms with E-state index in [0.29, 0.717) is 24.1 Å². The molecule has 1 fully saturated rings. The van der Waals surface area contributed by atoms with E-state index >= 15 is 0 Å². The van der Waals surface area contributed by atoms with Crippen LogP contribution in [0.1, 0.15) is 32.6 Å². The highest BCUT2D eigenvalue weighted by atomic mass is 35.5. The molecule has 2 rings (SSSR count). The zero-order chi connectivity index (χ0) is 15.6. The summed E-state index contributed by atoms with van der Waals surface area (Å²) in [6.07, 6.45) is 4.47. The molecule has 1 aliphatic rings. The summed E-state index contributed by atoms with van der Waals surface area (Å²) < 4.78 is 27.4. The Hall–Kier alpha value is -0.490. The first kappa shape index (κ1) is 16.9. The number of nitrogens with one attached hydrogen (secondary N) is 1. The molecule has 118 valence electrons. The van der Waals surface area contributed by atoms with Crippen LogP contribution >= 0.6 is 23.2 Å². The van der Waals surface area contributed by atoms with Crippen LogP contribution in [0.25, 0.3) is 0 Å². The molecule has 1 aromatic carbocycles. The van der Waals surface area contributed by atoms with Gasteiger partial charge in [-0.25, -0.2) is 13.1 Å². The number of hydrogen-bond donors (Lipinski definition) is 2. The molecular weight excluding hydrogens is 331 g/mol. The number of halogens is 2. The van der Waals surface area contributed by atoms with Crippen LogP contribution in [0.5, 0.6) is 0 Å². The largest absolute Gasteiger partial charge is 0.399 e. The van der Waals surface area contributed by atoms with Crippen molar-refractivity contribution in [3.8, 4) is 0 Å². The number of rotatable bonds is 4. The number of hydrogen-bond acceptors (Lipinski definition) is 3. The van der Waals surface area contributed by atoms with Crippen LogP contribution in [0.3, 0.4) is 0 Å².